The van der Waals surface area contributed by atoms with E-state index in [4.69, 9.17) is 4.74 Å². The molecule has 1 aliphatic heterocycles. The van der Waals surface area contributed by atoms with E-state index >= 15 is 0 Å². The van der Waals surface area contributed by atoms with Crippen LogP contribution in [0.1, 0.15) is 19.7 Å². The molecule has 11 heteroatoms. The predicted molar refractivity (Wildman–Crippen MR) is 113 cm³/mol. The number of pyridine rings is 1. The van der Waals surface area contributed by atoms with Crippen LogP contribution in [-0.2, 0) is 9.53 Å². The quantitative estimate of drug-likeness (QED) is 0.339. The van der Waals surface area contributed by atoms with Crippen LogP contribution in [0.2, 0.25) is 0 Å². The minimum Gasteiger partial charge on any atom is -0.435 e. The molecule has 154 valence electrons. The van der Waals surface area contributed by atoms with Crippen LogP contribution in [0.3, 0.4) is 0 Å². The molecule has 31 heavy (non-hydrogen) atoms. The summed E-state index contributed by atoms with van der Waals surface area (Å²) in [6.45, 7) is 5.92. The first-order valence-corrected chi connectivity index (χ1v) is 9.47. The van der Waals surface area contributed by atoms with Crippen molar-refractivity contribution < 1.29 is 9.53 Å². The Labute approximate surface area is 177 Å². The summed E-state index contributed by atoms with van der Waals surface area (Å²) in [6.07, 6.45) is 7.44. The second kappa shape index (κ2) is 8.91. The third-order valence-electron chi connectivity index (χ3n) is 4.41. The number of aliphatic imine (C=N–C) groups is 1. The normalized spacial score (nSPS) is 13.2. The van der Waals surface area contributed by atoms with Gasteiger partial charge in [-0.1, -0.05) is 0 Å². The van der Waals surface area contributed by atoms with Gasteiger partial charge in [-0.25, -0.2) is 19.8 Å². The molecule has 0 saturated heterocycles. The van der Waals surface area contributed by atoms with Crippen LogP contribution in [0.15, 0.2) is 59.0 Å². The molecule has 0 atom stereocenters. The molecule has 11 nitrogen and oxygen atoms in total. The SMILES string of the molecule is CCN(CC)c1ccc(N=C2C(OC=C=C=O)=Nn3c2nnc3-c2cnccn2)nc1. The molecular weight excluding hydrogens is 398 g/mol. The second-order valence-electron chi connectivity index (χ2n) is 6.14. The van der Waals surface area contributed by atoms with Gasteiger partial charge >= 0.3 is 0 Å². The zero-order chi connectivity index (χ0) is 21.6. The third kappa shape index (κ3) is 3.99. The molecule has 3 aromatic rings. The molecule has 0 saturated carbocycles. The summed E-state index contributed by atoms with van der Waals surface area (Å²) in [7, 11) is 0. The van der Waals surface area contributed by atoms with Gasteiger partial charge in [-0.2, -0.15) is 4.68 Å². The highest BCUT2D eigenvalue weighted by molar-refractivity contribution is 6.46. The van der Waals surface area contributed by atoms with E-state index < -0.39 is 0 Å². The molecule has 0 amide bonds. The number of fused-ring (bicyclic) bond motifs is 1. The van der Waals surface area contributed by atoms with Crippen molar-refractivity contribution in [2.75, 3.05) is 18.0 Å². The first-order valence-electron chi connectivity index (χ1n) is 9.47. The Kier molecular flexibility index (Phi) is 5.70. The van der Waals surface area contributed by atoms with Gasteiger partial charge in [-0.05, 0) is 26.0 Å². The van der Waals surface area contributed by atoms with Crippen molar-refractivity contribution in [3.05, 3.63) is 54.7 Å². The molecule has 0 aromatic carbocycles. The highest BCUT2D eigenvalue weighted by Crippen LogP contribution is 2.23. The number of rotatable bonds is 6. The van der Waals surface area contributed by atoms with Crippen molar-refractivity contribution in [3.8, 4) is 11.5 Å². The summed E-state index contributed by atoms with van der Waals surface area (Å²) >= 11 is 0. The number of hydrogen-bond donors (Lipinski definition) is 0. The molecule has 0 aliphatic carbocycles. The van der Waals surface area contributed by atoms with Crippen molar-refractivity contribution in [2.24, 2.45) is 10.1 Å². The largest absolute Gasteiger partial charge is 0.435 e. The van der Waals surface area contributed by atoms with Crippen molar-refractivity contribution in [2.45, 2.75) is 13.8 Å². The van der Waals surface area contributed by atoms with Gasteiger partial charge in [-0.15, -0.1) is 15.3 Å². The van der Waals surface area contributed by atoms with Crippen LogP contribution < -0.4 is 4.90 Å². The monoisotopic (exact) mass is 415 g/mol. The van der Waals surface area contributed by atoms with Gasteiger partial charge in [0, 0.05) is 31.2 Å². The Morgan fingerprint density at radius 3 is 2.65 bits per heavy atom. The van der Waals surface area contributed by atoms with Crippen molar-refractivity contribution in [3.63, 3.8) is 0 Å². The molecule has 0 fully saturated rings. The fourth-order valence-corrected chi connectivity index (χ4v) is 2.95. The second-order valence-corrected chi connectivity index (χ2v) is 6.14. The van der Waals surface area contributed by atoms with Gasteiger partial charge in [0.2, 0.25) is 11.6 Å². The summed E-state index contributed by atoms with van der Waals surface area (Å²) in [5.74, 6) is 2.75. The average molecular weight is 415 g/mol. The Bertz CT molecular complexity index is 1220. The van der Waals surface area contributed by atoms with Gasteiger partial charge in [0.25, 0.3) is 5.90 Å². The average Bonchev–Trinajstić information content (AvgIpc) is 3.36. The van der Waals surface area contributed by atoms with Gasteiger partial charge in [0.15, 0.2) is 17.5 Å². The van der Waals surface area contributed by atoms with E-state index in [2.05, 4.69) is 59.7 Å². The van der Waals surface area contributed by atoms with E-state index in [0.717, 1.165) is 25.0 Å². The minimum absolute atomic E-state index is 0.104. The third-order valence-corrected chi connectivity index (χ3v) is 4.41. The first kappa shape index (κ1) is 19.8. The van der Waals surface area contributed by atoms with Crippen molar-refractivity contribution >= 4 is 29.1 Å². The van der Waals surface area contributed by atoms with Crippen LogP contribution in [-0.4, -0.2) is 60.5 Å². The summed E-state index contributed by atoms with van der Waals surface area (Å²) in [6, 6.07) is 3.73. The summed E-state index contributed by atoms with van der Waals surface area (Å²) in [5, 5.41) is 12.7. The molecule has 0 radical (unpaired) electrons. The summed E-state index contributed by atoms with van der Waals surface area (Å²) in [5.41, 5.74) is 3.96. The topological polar surface area (TPSA) is 124 Å². The number of aromatic nitrogens is 6. The van der Waals surface area contributed by atoms with E-state index in [9.17, 15) is 4.79 Å². The summed E-state index contributed by atoms with van der Waals surface area (Å²) < 4.78 is 6.86. The maximum atomic E-state index is 10.4. The van der Waals surface area contributed by atoms with Crippen LogP contribution in [0.25, 0.3) is 11.5 Å². The highest BCUT2D eigenvalue weighted by atomic mass is 16.5. The molecular formula is C20H17N9O2. The zero-order valence-electron chi connectivity index (χ0n) is 16.8. The molecule has 0 spiro atoms. The Morgan fingerprint density at radius 1 is 1.13 bits per heavy atom. The lowest BCUT2D eigenvalue weighted by Gasteiger charge is -2.20. The highest BCUT2D eigenvalue weighted by Gasteiger charge is 2.31. The fraction of sp³-hybridized carbons (Fsp3) is 0.200. The molecule has 4 heterocycles. The maximum absolute atomic E-state index is 10.4. The lowest BCUT2D eigenvalue weighted by Crippen LogP contribution is -2.21. The maximum Gasteiger partial charge on any atom is 0.267 e. The smallest absolute Gasteiger partial charge is 0.267 e. The van der Waals surface area contributed by atoms with E-state index in [1.807, 2.05) is 6.07 Å². The van der Waals surface area contributed by atoms with Crippen LogP contribution in [0, 0.1) is 0 Å². The summed E-state index contributed by atoms with van der Waals surface area (Å²) in [4.78, 5) is 29.8. The standard InChI is InChI=1S/C20H17N9O2/c1-3-28(4-2)14-6-7-16(23-12-14)24-17-19-26-25-18(15-13-21-8-9-22-15)29(19)27-20(17)31-11-5-10-30/h6-9,11-13H,3-4H2,1-2H3. The Hall–Kier alpha value is -4.46. The van der Waals surface area contributed by atoms with Crippen LogP contribution in [0.4, 0.5) is 11.5 Å². The zero-order valence-corrected chi connectivity index (χ0v) is 16.8. The molecule has 0 bridgehead atoms. The fourth-order valence-electron chi connectivity index (χ4n) is 2.95. The van der Waals surface area contributed by atoms with E-state index in [1.165, 1.54) is 10.6 Å². The number of carbonyl (C=O) groups excluding carboxylic acids is 1. The van der Waals surface area contributed by atoms with E-state index in [0.29, 0.717) is 28.9 Å². The van der Waals surface area contributed by atoms with Gasteiger partial charge in [0.1, 0.15) is 12.0 Å². The predicted octanol–water partition coefficient (Wildman–Crippen LogP) is 1.79. The lowest BCUT2D eigenvalue weighted by molar-refractivity contribution is 0.479. The number of anilines is 1. The van der Waals surface area contributed by atoms with Crippen molar-refractivity contribution in [1.82, 2.24) is 29.8 Å². The Balaban J connectivity index is 1.74. The first-order chi connectivity index (χ1) is 15.2. The van der Waals surface area contributed by atoms with E-state index in [1.54, 1.807) is 30.9 Å². The lowest BCUT2D eigenvalue weighted by atomic mass is 10.3. The Morgan fingerprint density at radius 2 is 1.97 bits per heavy atom. The molecule has 3 aromatic heterocycles. The molecule has 0 unspecified atom stereocenters. The van der Waals surface area contributed by atoms with Gasteiger partial charge in [0.05, 0.1) is 18.1 Å². The molecule has 4 rings (SSSR count). The minimum atomic E-state index is 0.104. The number of nitrogens with zero attached hydrogens (tertiary/aromatic N) is 9. The molecule has 1 aliphatic rings. The van der Waals surface area contributed by atoms with Crippen molar-refractivity contribution in [1.29, 1.82) is 0 Å². The van der Waals surface area contributed by atoms with Crippen LogP contribution in [0.5, 0.6) is 0 Å². The molecule has 0 N–H and O–H groups in total. The van der Waals surface area contributed by atoms with Crippen LogP contribution >= 0.6 is 0 Å². The number of hydrogen-bond acceptors (Lipinski definition) is 10. The van der Waals surface area contributed by atoms with Gasteiger partial charge in [-0.3, -0.25) is 4.98 Å². The van der Waals surface area contributed by atoms with Gasteiger partial charge < -0.3 is 9.64 Å². The van der Waals surface area contributed by atoms with E-state index in [-0.39, 0.29) is 5.90 Å². The number of ether oxygens (including phenoxy) is 1.